The van der Waals surface area contributed by atoms with E-state index in [1.165, 1.54) is 38.8 Å². The van der Waals surface area contributed by atoms with Gasteiger partial charge in [-0.3, -0.25) is 0 Å². The van der Waals surface area contributed by atoms with Crippen molar-refractivity contribution in [3.05, 3.63) is 0 Å². The summed E-state index contributed by atoms with van der Waals surface area (Å²) in [6, 6.07) is 0.714. The minimum absolute atomic E-state index is 0.445. The maximum Gasteiger partial charge on any atom is 0.0202 e. The van der Waals surface area contributed by atoms with Crippen LogP contribution in [0.4, 0.5) is 0 Å². The van der Waals surface area contributed by atoms with Crippen molar-refractivity contribution >= 4 is 0 Å². The van der Waals surface area contributed by atoms with Crippen molar-refractivity contribution in [1.82, 2.24) is 10.2 Å². The van der Waals surface area contributed by atoms with Gasteiger partial charge in [-0.2, -0.15) is 0 Å². The van der Waals surface area contributed by atoms with Crippen molar-refractivity contribution < 1.29 is 0 Å². The van der Waals surface area contributed by atoms with Gasteiger partial charge in [0.2, 0.25) is 0 Å². The summed E-state index contributed by atoms with van der Waals surface area (Å²) in [4.78, 5) is 2.59. The quantitative estimate of drug-likeness (QED) is 0.745. The monoisotopic (exact) mass is 198 g/mol. The molecule has 1 rings (SSSR count). The fourth-order valence-electron chi connectivity index (χ4n) is 2.57. The Morgan fingerprint density at radius 3 is 2.21 bits per heavy atom. The number of hydrogen-bond donors (Lipinski definition) is 1. The number of nitrogens with zero attached hydrogens (tertiary/aromatic N) is 1. The molecule has 0 saturated carbocycles. The largest absolute Gasteiger partial charge is 0.314 e. The van der Waals surface area contributed by atoms with Crippen LogP contribution < -0.4 is 5.32 Å². The number of likely N-dealkylation sites (tertiary alicyclic amines) is 1. The van der Waals surface area contributed by atoms with Crippen LogP contribution in [0.25, 0.3) is 0 Å². The molecule has 84 valence electrons. The van der Waals surface area contributed by atoms with E-state index in [0.717, 1.165) is 0 Å². The molecule has 1 N–H and O–H groups in total. The lowest BCUT2D eigenvalue weighted by Gasteiger charge is -2.43. The SMILES string of the molecule is CCCC1(NC)CCN(C(C)C)CC1. The third-order valence-electron chi connectivity index (χ3n) is 3.74. The number of piperidine rings is 1. The summed E-state index contributed by atoms with van der Waals surface area (Å²) < 4.78 is 0. The maximum absolute atomic E-state index is 3.55. The summed E-state index contributed by atoms with van der Waals surface area (Å²) in [6.07, 6.45) is 5.25. The standard InChI is InChI=1S/C12H26N2/c1-5-6-12(13-4)7-9-14(10-8-12)11(2)3/h11,13H,5-10H2,1-4H3. The molecular weight excluding hydrogens is 172 g/mol. The van der Waals surface area contributed by atoms with Gasteiger partial charge in [0.15, 0.2) is 0 Å². The van der Waals surface area contributed by atoms with Crippen molar-refractivity contribution in [3.63, 3.8) is 0 Å². The highest BCUT2D eigenvalue weighted by Gasteiger charge is 2.32. The van der Waals surface area contributed by atoms with Gasteiger partial charge in [-0.25, -0.2) is 0 Å². The van der Waals surface area contributed by atoms with Crippen molar-refractivity contribution in [2.24, 2.45) is 0 Å². The molecule has 1 fully saturated rings. The molecule has 1 heterocycles. The van der Waals surface area contributed by atoms with Gasteiger partial charge in [0, 0.05) is 24.7 Å². The van der Waals surface area contributed by atoms with E-state index in [1.807, 2.05) is 0 Å². The Kier molecular flexibility index (Phi) is 4.39. The van der Waals surface area contributed by atoms with Gasteiger partial charge >= 0.3 is 0 Å². The molecule has 1 saturated heterocycles. The zero-order valence-electron chi connectivity index (χ0n) is 10.3. The van der Waals surface area contributed by atoms with E-state index in [2.05, 4.69) is 38.0 Å². The minimum atomic E-state index is 0.445. The van der Waals surface area contributed by atoms with Crippen LogP contribution in [0.15, 0.2) is 0 Å². The van der Waals surface area contributed by atoms with Gasteiger partial charge in [0.1, 0.15) is 0 Å². The van der Waals surface area contributed by atoms with E-state index in [1.54, 1.807) is 0 Å². The van der Waals surface area contributed by atoms with Crippen LogP contribution in [0.1, 0.15) is 46.5 Å². The van der Waals surface area contributed by atoms with Crippen molar-refractivity contribution in [2.75, 3.05) is 20.1 Å². The lowest BCUT2D eigenvalue weighted by Crippen LogP contribution is -2.53. The van der Waals surface area contributed by atoms with Gasteiger partial charge in [-0.15, -0.1) is 0 Å². The van der Waals surface area contributed by atoms with Crippen LogP contribution in [-0.2, 0) is 0 Å². The van der Waals surface area contributed by atoms with Gasteiger partial charge in [-0.1, -0.05) is 13.3 Å². The second-order valence-electron chi connectivity index (χ2n) is 4.91. The van der Waals surface area contributed by atoms with Crippen molar-refractivity contribution in [2.45, 2.75) is 58.0 Å². The molecule has 1 aliphatic rings. The summed E-state index contributed by atoms with van der Waals surface area (Å²) in [7, 11) is 2.13. The number of nitrogens with one attached hydrogen (secondary N) is 1. The minimum Gasteiger partial charge on any atom is -0.314 e. The molecule has 0 aliphatic carbocycles. The van der Waals surface area contributed by atoms with E-state index in [4.69, 9.17) is 0 Å². The lowest BCUT2D eigenvalue weighted by atomic mass is 9.83. The first-order valence-corrected chi connectivity index (χ1v) is 6.06. The molecule has 0 amide bonds. The molecular formula is C12H26N2. The molecule has 0 atom stereocenters. The van der Waals surface area contributed by atoms with Crippen LogP contribution in [0.2, 0.25) is 0 Å². The Balaban J connectivity index is 2.46. The molecule has 1 aliphatic heterocycles. The van der Waals surface area contributed by atoms with E-state index < -0.39 is 0 Å². The predicted molar refractivity (Wildman–Crippen MR) is 62.6 cm³/mol. The molecule has 0 aromatic rings. The van der Waals surface area contributed by atoms with Crippen LogP contribution in [0, 0.1) is 0 Å². The van der Waals surface area contributed by atoms with E-state index in [9.17, 15) is 0 Å². The summed E-state index contributed by atoms with van der Waals surface area (Å²) >= 11 is 0. The fourth-order valence-corrected chi connectivity index (χ4v) is 2.57. The molecule has 0 unspecified atom stereocenters. The van der Waals surface area contributed by atoms with Crippen molar-refractivity contribution in [3.8, 4) is 0 Å². The third kappa shape index (κ3) is 2.71. The molecule has 2 heteroatoms. The van der Waals surface area contributed by atoms with Gasteiger partial charge in [-0.05, 0) is 40.2 Å². The molecule has 0 bridgehead atoms. The fraction of sp³-hybridized carbons (Fsp3) is 1.00. The zero-order chi connectivity index (χ0) is 10.6. The van der Waals surface area contributed by atoms with Gasteiger partial charge < -0.3 is 10.2 Å². The Labute approximate surface area is 89.1 Å². The summed E-state index contributed by atoms with van der Waals surface area (Å²) in [5.74, 6) is 0. The zero-order valence-corrected chi connectivity index (χ0v) is 10.3. The molecule has 0 spiro atoms. The first-order valence-electron chi connectivity index (χ1n) is 6.06. The second kappa shape index (κ2) is 5.13. The van der Waals surface area contributed by atoms with Crippen LogP contribution in [0.3, 0.4) is 0 Å². The number of hydrogen-bond acceptors (Lipinski definition) is 2. The smallest absolute Gasteiger partial charge is 0.0202 e. The second-order valence-corrected chi connectivity index (χ2v) is 4.91. The Bertz CT molecular complexity index is 158. The molecule has 0 radical (unpaired) electrons. The van der Waals surface area contributed by atoms with E-state index in [-0.39, 0.29) is 0 Å². The highest BCUT2D eigenvalue weighted by molar-refractivity contribution is 4.92. The Morgan fingerprint density at radius 1 is 1.29 bits per heavy atom. The summed E-state index contributed by atoms with van der Waals surface area (Å²) in [5.41, 5.74) is 0.445. The van der Waals surface area contributed by atoms with E-state index >= 15 is 0 Å². The van der Waals surface area contributed by atoms with Gasteiger partial charge in [0.25, 0.3) is 0 Å². The van der Waals surface area contributed by atoms with Crippen LogP contribution >= 0.6 is 0 Å². The summed E-state index contributed by atoms with van der Waals surface area (Å²) in [5, 5.41) is 3.55. The molecule has 14 heavy (non-hydrogen) atoms. The predicted octanol–water partition coefficient (Wildman–Crippen LogP) is 2.25. The highest BCUT2D eigenvalue weighted by Crippen LogP contribution is 2.27. The molecule has 2 nitrogen and oxygen atoms in total. The molecule has 0 aromatic carbocycles. The summed E-state index contributed by atoms with van der Waals surface area (Å²) in [6.45, 7) is 9.41. The van der Waals surface area contributed by atoms with Gasteiger partial charge in [0.05, 0.1) is 0 Å². The van der Waals surface area contributed by atoms with Crippen LogP contribution in [0.5, 0.6) is 0 Å². The molecule has 0 aromatic heterocycles. The van der Waals surface area contributed by atoms with Crippen molar-refractivity contribution in [1.29, 1.82) is 0 Å². The lowest BCUT2D eigenvalue weighted by molar-refractivity contribution is 0.109. The normalized spacial score (nSPS) is 22.9. The third-order valence-corrected chi connectivity index (χ3v) is 3.74. The highest BCUT2D eigenvalue weighted by atomic mass is 15.2. The topological polar surface area (TPSA) is 15.3 Å². The van der Waals surface area contributed by atoms with Crippen LogP contribution in [-0.4, -0.2) is 36.6 Å². The average molecular weight is 198 g/mol. The number of rotatable bonds is 4. The maximum atomic E-state index is 3.55. The first kappa shape index (κ1) is 12.0. The average Bonchev–Trinajstić information content (AvgIpc) is 2.19. The Hall–Kier alpha value is -0.0800. The Morgan fingerprint density at radius 2 is 1.86 bits per heavy atom. The first-order chi connectivity index (χ1) is 6.63. The van der Waals surface area contributed by atoms with E-state index in [0.29, 0.717) is 11.6 Å².